The van der Waals surface area contributed by atoms with E-state index in [-0.39, 0.29) is 11.9 Å². The SMILES string of the molecule is CC(C)(C)OC(=O)N(CCCNCc1cc(F)ccc1Br)C1CC1. The average Bonchev–Trinajstić information content (AvgIpc) is 3.28. The van der Waals surface area contributed by atoms with E-state index < -0.39 is 5.60 Å². The van der Waals surface area contributed by atoms with E-state index in [0.29, 0.717) is 19.1 Å². The number of hydrogen-bond acceptors (Lipinski definition) is 3. The van der Waals surface area contributed by atoms with Gasteiger partial charge in [0.1, 0.15) is 11.4 Å². The van der Waals surface area contributed by atoms with Crippen molar-refractivity contribution in [2.24, 2.45) is 0 Å². The van der Waals surface area contributed by atoms with Gasteiger partial charge >= 0.3 is 6.09 Å². The fourth-order valence-corrected chi connectivity index (χ4v) is 2.79. The predicted octanol–water partition coefficient (Wildman–Crippen LogP) is 4.47. The van der Waals surface area contributed by atoms with Gasteiger partial charge in [-0.15, -0.1) is 0 Å². The lowest BCUT2D eigenvalue weighted by Crippen LogP contribution is -2.39. The van der Waals surface area contributed by atoms with Crippen molar-refractivity contribution in [3.8, 4) is 0 Å². The molecule has 1 aromatic carbocycles. The van der Waals surface area contributed by atoms with Crippen molar-refractivity contribution in [2.75, 3.05) is 13.1 Å². The number of nitrogens with zero attached hydrogens (tertiary/aromatic N) is 1. The highest BCUT2D eigenvalue weighted by Crippen LogP contribution is 2.28. The van der Waals surface area contributed by atoms with Crippen LogP contribution in [0.1, 0.15) is 45.6 Å². The number of halogens is 2. The number of amides is 1. The van der Waals surface area contributed by atoms with Crippen molar-refractivity contribution in [3.63, 3.8) is 0 Å². The summed E-state index contributed by atoms with van der Waals surface area (Å²) < 4.78 is 19.6. The molecule has 0 unspecified atom stereocenters. The van der Waals surface area contributed by atoms with Crippen LogP contribution in [0.2, 0.25) is 0 Å². The summed E-state index contributed by atoms with van der Waals surface area (Å²) in [5.41, 5.74) is 0.424. The first-order valence-corrected chi connectivity index (χ1v) is 9.20. The topological polar surface area (TPSA) is 41.6 Å². The number of carbonyl (C=O) groups is 1. The average molecular weight is 401 g/mol. The van der Waals surface area contributed by atoms with Crippen LogP contribution in [-0.2, 0) is 11.3 Å². The van der Waals surface area contributed by atoms with Gasteiger partial charge in [0.2, 0.25) is 0 Å². The van der Waals surface area contributed by atoms with Gasteiger partial charge in [0.25, 0.3) is 0 Å². The molecule has 1 fully saturated rings. The van der Waals surface area contributed by atoms with Gasteiger partial charge in [-0.1, -0.05) is 15.9 Å². The molecule has 1 aliphatic rings. The largest absolute Gasteiger partial charge is 0.444 e. The van der Waals surface area contributed by atoms with Crippen molar-refractivity contribution < 1.29 is 13.9 Å². The van der Waals surface area contributed by atoms with Gasteiger partial charge in [0.05, 0.1) is 0 Å². The lowest BCUT2D eigenvalue weighted by atomic mass is 10.2. The van der Waals surface area contributed by atoms with Crippen molar-refractivity contribution in [1.29, 1.82) is 0 Å². The van der Waals surface area contributed by atoms with Crippen LogP contribution in [0, 0.1) is 5.82 Å². The summed E-state index contributed by atoms with van der Waals surface area (Å²) in [6.45, 7) is 7.68. The summed E-state index contributed by atoms with van der Waals surface area (Å²) in [4.78, 5) is 14.1. The molecule has 1 aliphatic carbocycles. The normalized spacial score (nSPS) is 14.5. The second kappa shape index (κ2) is 8.30. The zero-order valence-electron chi connectivity index (χ0n) is 14.6. The van der Waals surface area contributed by atoms with E-state index in [0.717, 1.165) is 35.8 Å². The fourth-order valence-electron chi connectivity index (χ4n) is 2.41. The molecule has 0 heterocycles. The van der Waals surface area contributed by atoms with Gasteiger partial charge in [-0.25, -0.2) is 9.18 Å². The Hall–Kier alpha value is -1.14. The molecule has 1 saturated carbocycles. The molecule has 4 nitrogen and oxygen atoms in total. The molecule has 1 N–H and O–H groups in total. The Labute approximate surface area is 151 Å². The highest BCUT2D eigenvalue weighted by Gasteiger charge is 2.34. The number of hydrogen-bond donors (Lipinski definition) is 1. The van der Waals surface area contributed by atoms with Crippen LogP contribution in [0.5, 0.6) is 0 Å². The summed E-state index contributed by atoms with van der Waals surface area (Å²) in [6.07, 6.45) is 2.73. The first-order chi connectivity index (χ1) is 11.3. The standard InChI is InChI=1S/C18H26BrFN2O2/c1-18(2,3)24-17(23)22(15-6-7-15)10-4-9-21-12-13-11-14(20)5-8-16(13)19/h5,8,11,15,21H,4,6-7,9-10,12H2,1-3H3. The number of nitrogens with one attached hydrogen (secondary N) is 1. The minimum absolute atomic E-state index is 0.224. The van der Waals surface area contributed by atoms with Crippen LogP contribution in [0.25, 0.3) is 0 Å². The zero-order valence-corrected chi connectivity index (χ0v) is 16.2. The molecule has 0 aliphatic heterocycles. The summed E-state index contributed by atoms with van der Waals surface area (Å²) in [6, 6.07) is 5.00. The molecule has 134 valence electrons. The zero-order chi connectivity index (χ0) is 17.7. The molecule has 6 heteroatoms. The fraction of sp³-hybridized carbons (Fsp3) is 0.611. The third kappa shape index (κ3) is 6.40. The number of benzene rings is 1. The number of ether oxygens (including phenoxy) is 1. The highest BCUT2D eigenvalue weighted by atomic mass is 79.9. The third-order valence-electron chi connectivity index (χ3n) is 3.69. The Bertz CT molecular complexity index is 571. The molecule has 0 bridgehead atoms. The predicted molar refractivity (Wildman–Crippen MR) is 96.4 cm³/mol. The molecule has 0 aromatic heterocycles. The first-order valence-electron chi connectivity index (χ1n) is 8.40. The maximum absolute atomic E-state index is 13.2. The minimum atomic E-state index is -0.466. The van der Waals surface area contributed by atoms with Crippen molar-refractivity contribution >= 4 is 22.0 Å². The molecule has 1 amide bonds. The Morgan fingerprint density at radius 2 is 2.12 bits per heavy atom. The van der Waals surface area contributed by atoms with Crippen molar-refractivity contribution in [3.05, 3.63) is 34.1 Å². The number of rotatable bonds is 7. The van der Waals surface area contributed by atoms with E-state index in [1.54, 1.807) is 6.07 Å². The highest BCUT2D eigenvalue weighted by molar-refractivity contribution is 9.10. The molecule has 0 spiro atoms. The van der Waals surface area contributed by atoms with E-state index in [1.165, 1.54) is 12.1 Å². The second-order valence-corrected chi connectivity index (χ2v) is 8.03. The number of carbonyl (C=O) groups excluding carboxylic acids is 1. The molecule has 1 aromatic rings. The quantitative estimate of drug-likeness (QED) is 0.686. The van der Waals surface area contributed by atoms with Gasteiger partial charge < -0.3 is 15.0 Å². The van der Waals surface area contributed by atoms with E-state index in [4.69, 9.17) is 4.74 Å². The Morgan fingerprint density at radius 1 is 1.42 bits per heavy atom. The summed E-state index contributed by atoms with van der Waals surface area (Å²) >= 11 is 3.42. The van der Waals surface area contributed by atoms with Gasteiger partial charge in [-0.05, 0) is 70.3 Å². The molecule has 24 heavy (non-hydrogen) atoms. The van der Waals surface area contributed by atoms with Crippen LogP contribution in [0.15, 0.2) is 22.7 Å². The molecule has 0 saturated heterocycles. The second-order valence-electron chi connectivity index (χ2n) is 7.17. The molecule has 0 atom stereocenters. The Balaban J connectivity index is 1.73. The van der Waals surface area contributed by atoms with Crippen LogP contribution < -0.4 is 5.32 Å². The van der Waals surface area contributed by atoms with E-state index in [9.17, 15) is 9.18 Å². The van der Waals surface area contributed by atoms with Crippen LogP contribution in [0.4, 0.5) is 9.18 Å². The van der Waals surface area contributed by atoms with Gasteiger partial charge in [-0.3, -0.25) is 0 Å². The lowest BCUT2D eigenvalue weighted by Gasteiger charge is -2.27. The summed E-state index contributed by atoms with van der Waals surface area (Å²) in [5.74, 6) is -0.236. The lowest BCUT2D eigenvalue weighted by molar-refractivity contribution is 0.0232. The maximum atomic E-state index is 13.2. The molecular weight excluding hydrogens is 375 g/mol. The first kappa shape index (κ1) is 19.2. The van der Waals surface area contributed by atoms with Crippen molar-refractivity contribution in [1.82, 2.24) is 10.2 Å². The van der Waals surface area contributed by atoms with Gasteiger partial charge in [-0.2, -0.15) is 0 Å². The van der Waals surface area contributed by atoms with Gasteiger partial charge in [0, 0.05) is 23.6 Å². The van der Waals surface area contributed by atoms with E-state index in [1.807, 2.05) is 25.7 Å². The Morgan fingerprint density at radius 3 is 2.75 bits per heavy atom. The van der Waals surface area contributed by atoms with Crippen LogP contribution in [0.3, 0.4) is 0 Å². The smallest absolute Gasteiger partial charge is 0.410 e. The third-order valence-corrected chi connectivity index (χ3v) is 4.47. The van der Waals surface area contributed by atoms with E-state index >= 15 is 0 Å². The maximum Gasteiger partial charge on any atom is 0.410 e. The monoisotopic (exact) mass is 400 g/mol. The molecular formula is C18H26BrFN2O2. The molecule has 2 rings (SSSR count). The minimum Gasteiger partial charge on any atom is -0.444 e. The molecule has 0 radical (unpaired) electrons. The van der Waals surface area contributed by atoms with Gasteiger partial charge in [0.15, 0.2) is 0 Å². The summed E-state index contributed by atoms with van der Waals surface area (Å²) in [5, 5.41) is 3.30. The van der Waals surface area contributed by atoms with Crippen LogP contribution >= 0.6 is 15.9 Å². The van der Waals surface area contributed by atoms with Crippen LogP contribution in [-0.4, -0.2) is 35.7 Å². The van der Waals surface area contributed by atoms with Crippen molar-refractivity contribution in [2.45, 2.75) is 58.2 Å². The van der Waals surface area contributed by atoms with E-state index in [2.05, 4.69) is 21.2 Å². The Kier molecular flexibility index (Phi) is 6.63. The summed E-state index contributed by atoms with van der Waals surface area (Å²) in [7, 11) is 0.